The fourth-order valence-corrected chi connectivity index (χ4v) is 4.42. The first-order chi connectivity index (χ1) is 11.9. The molecular weight excluding hydrogens is 356 g/mol. The van der Waals surface area contributed by atoms with Gasteiger partial charge in [-0.25, -0.2) is 0 Å². The Morgan fingerprint density at radius 1 is 1.36 bits per heavy atom. The Morgan fingerprint density at radius 2 is 2.12 bits per heavy atom. The van der Waals surface area contributed by atoms with Crippen molar-refractivity contribution in [2.75, 3.05) is 18.9 Å². The second-order valence-electron chi connectivity index (χ2n) is 6.60. The van der Waals surface area contributed by atoms with E-state index in [-0.39, 0.29) is 18.4 Å². The van der Waals surface area contributed by atoms with Crippen molar-refractivity contribution >= 4 is 40.4 Å². The van der Waals surface area contributed by atoms with Crippen LogP contribution in [0.25, 0.3) is 0 Å². The minimum atomic E-state index is -0.265. The molecule has 0 radical (unpaired) electrons. The van der Waals surface area contributed by atoms with Crippen LogP contribution < -0.4 is 5.32 Å². The molecule has 2 aromatic rings. The van der Waals surface area contributed by atoms with Crippen molar-refractivity contribution in [2.24, 2.45) is 5.92 Å². The van der Waals surface area contributed by atoms with Gasteiger partial charge < -0.3 is 10.2 Å². The lowest BCUT2D eigenvalue weighted by Gasteiger charge is -2.16. The number of benzene rings is 1. The number of carbonyl (C=O) groups excluding carboxylic acids is 2. The molecule has 1 aromatic carbocycles. The van der Waals surface area contributed by atoms with Gasteiger partial charge in [-0.05, 0) is 48.9 Å². The molecule has 1 unspecified atom stereocenters. The van der Waals surface area contributed by atoms with E-state index in [0.717, 1.165) is 12.8 Å². The van der Waals surface area contributed by atoms with Gasteiger partial charge in [-0.15, -0.1) is 11.3 Å². The molecule has 3 rings (SSSR count). The van der Waals surface area contributed by atoms with Crippen molar-refractivity contribution in [2.45, 2.75) is 26.2 Å². The van der Waals surface area contributed by atoms with Crippen LogP contribution in [0.5, 0.6) is 0 Å². The zero-order valence-electron chi connectivity index (χ0n) is 14.3. The van der Waals surface area contributed by atoms with Crippen LogP contribution in [-0.4, -0.2) is 30.3 Å². The summed E-state index contributed by atoms with van der Waals surface area (Å²) in [4.78, 5) is 28.3. The van der Waals surface area contributed by atoms with E-state index in [1.165, 1.54) is 21.8 Å². The van der Waals surface area contributed by atoms with Crippen LogP contribution in [0.4, 0.5) is 5.69 Å². The average molecular weight is 377 g/mol. The molecule has 1 aliphatic rings. The number of likely N-dealkylation sites (N-methyl/N-ethyl adjacent to an activating group) is 1. The molecule has 25 heavy (non-hydrogen) atoms. The zero-order chi connectivity index (χ0) is 18.0. The fraction of sp³-hybridized carbons (Fsp3) is 0.368. The highest BCUT2D eigenvalue weighted by Gasteiger charge is 2.23. The van der Waals surface area contributed by atoms with Crippen LogP contribution in [0.2, 0.25) is 5.02 Å². The van der Waals surface area contributed by atoms with Gasteiger partial charge in [0, 0.05) is 11.9 Å². The molecule has 1 aromatic heterocycles. The maximum absolute atomic E-state index is 12.6. The van der Waals surface area contributed by atoms with E-state index in [1.807, 2.05) is 6.07 Å². The van der Waals surface area contributed by atoms with E-state index < -0.39 is 0 Å². The standard InChI is InChI=1S/C19H21ClN2O2S/c1-12-7-8-16-13(9-12)10-17(25-16)19(24)22(2)11-18(23)21-15-6-4-3-5-14(15)20/h3-6,10,12H,7-9,11H2,1-2H3,(H,21,23). The van der Waals surface area contributed by atoms with Crippen LogP contribution in [-0.2, 0) is 17.6 Å². The smallest absolute Gasteiger partial charge is 0.264 e. The number of para-hydroxylation sites is 1. The van der Waals surface area contributed by atoms with E-state index >= 15 is 0 Å². The van der Waals surface area contributed by atoms with Crippen LogP contribution in [0.3, 0.4) is 0 Å². The summed E-state index contributed by atoms with van der Waals surface area (Å²) < 4.78 is 0. The third-order valence-corrected chi connectivity index (χ3v) is 5.97. The fourth-order valence-electron chi connectivity index (χ4n) is 3.04. The van der Waals surface area contributed by atoms with Gasteiger partial charge in [0.15, 0.2) is 0 Å². The first-order valence-electron chi connectivity index (χ1n) is 8.35. The highest BCUT2D eigenvalue weighted by atomic mass is 35.5. The van der Waals surface area contributed by atoms with Crippen LogP contribution >= 0.6 is 22.9 Å². The Bertz CT molecular complexity index is 802. The number of amides is 2. The number of anilines is 1. The predicted molar refractivity (Wildman–Crippen MR) is 103 cm³/mol. The van der Waals surface area contributed by atoms with Crippen molar-refractivity contribution in [1.82, 2.24) is 4.90 Å². The Hall–Kier alpha value is -1.85. The molecule has 0 saturated heterocycles. The Balaban J connectivity index is 1.63. The lowest BCUT2D eigenvalue weighted by molar-refractivity contribution is -0.116. The lowest BCUT2D eigenvalue weighted by atomic mass is 9.90. The van der Waals surface area contributed by atoms with Crippen LogP contribution in [0.15, 0.2) is 30.3 Å². The van der Waals surface area contributed by atoms with Gasteiger partial charge in [0.2, 0.25) is 5.91 Å². The largest absolute Gasteiger partial charge is 0.332 e. The van der Waals surface area contributed by atoms with Gasteiger partial charge in [0.25, 0.3) is 5.91 Å². The monoisotopic (exact) mass is 376 g/mol. The molecular formula is C19H21ClN2O2S. The Morgan fingerprint density at radius 3 is 2.88 bits per heavy atom. The second kappa shape index (κ2) is 7.58. The molecule has 1 N–H and O–H groups in total. The summed E-state index contributed by atoms with van der Waals surface area (Å²) >= 11 is 7.60. The number of hydrogen-bond donors (Lipinski definition) is 1. The summed E-state index contributed by atoms with van der Waals surface area (Å²) in [5, 5.41) is 3.22. The maximum Gasteiger partial charge on any atom is 0.264 e. The maximum atomic E-state index is 12.6. The molecule has 0 spiro atoms. The summed E-state index contributed by atoms with van der Waals surface area (Å²) in [7, 11) is 1.65. The molecule has 0 aliphatic heterocycles. The molecule has 0 fully saturated rings. The summed E-state index contributed by atoms with van der Waals surface area (Å²) in [6.07, 6.45) is 3.26. The molecule has 6 heteroatoms. The van der Waals surface area contributed by atoms with Gasteiger partial charge in [-0.1, -0.05) is 30.7 Å². The van der Waals surface area contributed by atoms with Crippen molar-refractivity contribution in [3.05, 3.63) is 50.7 Å². The lowest BCUT2D eigenvalue weighted by Crippen LogP contribution is -2.34. The van der Waals surface area contributed by atoms with E-state index in [9.17, 15) is 9.59 Å². The molecule has 4 nitrogen and oxygen atoms in total. The third kappa shape index (κ3) is 4.22. The first-order valence-corrected chi connectivity index (χ1v) is 9.55. The summed E-state index contributed by atoms with van der Waals surface area (Å²) in [5.74, 6) is 0.296. The van der Waals surface area contributed by atoms with E-state index in [1.54, 1.807) is 42.6 Å². The quantitative estimate of drug-likeness (QED) is 0.867. The Labute approximate surface area is 156 Å². The van der Waals surface area contributed by atoms with Crippen molar-refractivity contribution in [1.29, 1.82) is 0 Å². The molecule has 2 amide bonds. The van der Waals surface area contributed by atoms with Crippen LogP contribution in [0, 0.1) is 5.92 Å². The number of nitrogens with one attached hydrogen (secondary N) is 1. The van der Waals surface area contributed by atoms with Gasteiger partial charge in [0.1, 0.15) is 0 Å². The van der Waals surface area contributed by atoms with Crippen molar-refractivity contribution < 1.29 is 9.59 Å². The minimum Gasteiger partial charge on any atom is -0.332 e. The first kappa shape index (κ1) is 18.0. The molecule has 1 atom stereocenters. The van der Waals surface area contributed by atoms with E-state index in [4.69, 9.17) is 11.6 Å². The van der Waals surface area contributed by atoms with Crippen molar-refractivity contribution in [3.63, 3.8) is 0 Å². The number of aryl methyl sites for hydroxylation is 1. The van der Waals surface area contributed by atoms with E-state index in [0.29, 0.717) is 21.5 Å². The molecule has 1 aliphatic carbocycles. The number of fused-ring (bicyclic) bond motifs is 1. The Kier molecular flexibility index (Phi) is 5.45. The average Bonchev–Trinajstić information content (AvgIpc) is 2.99. The van der Waals surface area contributed by atoms with Gasteiger partial charge in [0.05, 0.1) is 22.1 Å². The second-order valence-corrected chi connectivity index (χ2v) is 8.14. The van der Waals surface area contributed by atoms with Crippen molar-refractivity contribution in [3.8, 4) is 0 Å². The topological polar surface area (TPSA) is 49.4 Å². The number of carbonyl (C=O) groups is 2. The normalized spacial score (nSPS) is 16.2. The summed E-state index contributed by atoms with van der Waals surface area (Å²) in [6.45, 7) is 2.23. The molecule has 0 saturated carbocycles. The molecule has 132 valence electrons. The van der Waals surface area contributed by atoms with Gasteiger partial charge in [-0.3, -0.25) is 9.59 Å². The van der Waals surface area contributed by atoms with E-state index in [2.05, 4.69) is 12.2 Å². The number of hydrogen-bond acceptors (Lipinski definition) is 3. The number of rotatable bonds is 4. The number of halogens is 1. The zero-order valence-corrected chi connectivity index (χ0v) is 15.9. The molecule has 1 heterocycles. The van der Waals surface area contributed by atoms with Gasteiger partial charge in [-0.2, -0.15) is 0 Å². The third-order valence-electron chi connectivity index (χ3n) is 4.42. The summed E-state index contributed by atoms with van der Waals surface area (Å²) in [5.41, 5.74) is 1.84. The van der Waals surface area contributed by atoms with Gasteiger partial charge >= 0.3 is 0 Å². The highest BCUT2D eigenvalue weighted by Crippen LogP contribution is 2.32. The van der Waals surface area contributed by atoms with Crippen LogP contribution in [0.1, 0.15) is 33.5 Å². The highest BCUT2D eigenvalue weighted by molar-refractivity contribution is 7.14. The summed E-state index contributed by atoms with van der Waals surface area (Å²) in [6, 6.07) is 9.04. The number of nitrogens with zero attached hydrogens (tertiary/aromatic N) is 1. The predicted octanol–water partition coefficient (Wildman–Crippen LogP) is 4.24. The minimum absolute atomic E-state index is 0.0109. The SMILES string of the molecule is CC1CCc2sc(C(=O)N(C)CC(=O)Nc3ccccc3Cl)cc2C1. The number of thiophene rings is 1. The molecule has 0 bridgehead atoms.